The second-order valence-corrected chi connectivity index (χ2v) is 15.6. The molecule has 54 heavy (non-hydrogen) atoms. The molecule has 4 amide bonds. The number of fused-ring (bicyclic) bond motifs is 2. The van der Waals surface area contributed by atoms with Crippen LogP contribution in [0.25, 0.3) is 10.9 Å². The predicted octanol–water partition coefficient (Wildman–Crippen LogP) is 5.28. The van der Waals surface area contributed by atoms with E-state index in [0.717, 1.165) is 15.1 Å². The Kier molecular flexibility index (Phi) is 10.2. The number of carbonyl (C=O) groups excluding carboxylic acids is 3. The zero-order valence-corrected chi connectivity index (χ0v) is 31.1. The van der Waals surface area contributed by atoms with E-state index in [9.17, 15) is 27.9 Å². The average molecular weight is 767 g/mol. The SMILES string of the molecule is C=CCN1CC(=O)N2[C@@H](Cc3ccc(O)cc3)C(=O)N(Cc3cccc4c(Cl)cn(S(=O)(=O)c5ccc(C)cc5)c34)C[C@@H]2N1C(=O)NCc1ccccc1. The van der Waals surface area contributed by atoms with Gasteiger partial charge in [-0.05, 0) is 47.9 Å². The van der Waals surface area contributed by atoms with Crippen LogP contribution in [0.4, 0.5) is 4.79 Å². The lowest BCUT2D eigenvalue weighted by molar-refractivity contribution is -0.189. The molecule has 5 aromatic rings. The van der Waals surface area contributed by atoms with Gasteiger partial charge in [-0.25, -0.2) is 27.2 Å². The second kappa shape index (κ2) is 15.0. The van der Waals surface area contributed by atoms with Crippen LogP contribution in [0.3, 0.4) is 0 Å². The van der Waals surface area contributed by atoms with E-state index in [0.29, 0.717) is 22.0 Å². The predicted molar refractivity (Wildman–Crippen MR) is 205 cm³/mol. The summed E-state index contributed by atoms with van der Waals surface area (Å²) in [5.74, 6) is -0.659. The average Bonchev–Trinajstić information content (AvgIpc) is 3.51. The topological polar surface area (TPSA) is 136 Å². The van der Waals surface area contributed by atoms with Crippen LogP contribution in [0, 0.1) is 6.92 Å². The van der Waals surface area contributed by atoms with Crippen LogP contribution in [0.5, 0.6) is 5.75 Å². The van der Waals surface area contributed by atoms with Gasteiger partial charge in [0, 0.05) is 37.6 Å². The van der Waals surface area contributed by atoms with Crippen molar-refractivity contribution in [1.82, 2.24) is 29.1 Å². The Morgan fingerprint density at radius 1 is 0.963 bits per heavy atom. The van der Waals surface area contributed by atoms with Gasteiger partial charge in [0.15, 0.2) is 0 Å². The van der Waals surface area contributed by atoms with Crippen molar-refractivity contribution in [2.45, 2.75) is 43.5 Å². The lowest BCUT2D eigenvalue weighted by atomic mass is 9.98. The number of carbonyl (C=O) groups is 3. The molecule has 12 nitrogen and oxygen atoms in total. The van der Waals surface area contributed by atoms with Crippen LogP contribution in [0.2, 0.25) is 5.02 Å². The number of piperazine rings is 1. The van der Waals surface area contributed by atoms with E-state index in [1.54, 1.807) is 58.4 Å². The molecule has 0 aliphatic carbocycles. The first-order chi connectivity index (χ1) is 26.0. The Balaban J connectivity index is 1.30. The Morgan fingerprint density at radius 2 is 1.69 bits per heavy atom. The molecule has 0 saturated carbocycles. The monoisotopic (exact) mass is 766 g/mol. The van der Waals surface area contributed by atoms with E-state index in [4.69, 9.17) is 11.6 Å². The molecule has 2 atom stereocenters. The third-order valence-corrected chi connectivity index (χ3v) is 11.8. The molecular weight excluding hydrogens is 728 g/mol. The Hall–Kier alpha value is -5.63. The normalized spacial score (nSPS) is 17.9. The molecule has 2 fully saturated rings. The lowest BCUT2D eigenvalue weighted by Gasteiger charge is -2.55. The van der Waals surface area contributed by atoms with Gasteiger partial charge in [-0.3, -0.25) is 9.59 Å². The maximum Gasteiger partial charge on any atom is 0.334 e. The molecular formula is C40H39ClN6O6S. The van der Waals surface area contributed by atoms with Gasteiger partial charge >= 0.3 is 6.03 Å². The highest BCUT2D eigenvalue weighted by atomic mass is 35.5. The first-order valence-corrected chi connectivity index (χ1v) is 19.2. The Labute approximate surface area is 318 Å². The first-order valence-electron chi connectivity index (χ1n) is 17.4. The van der Waals surface area contributed by atoms with Crippen LogP contribution >= 0.6 is 11.6 Å². The van der Waals surface area contributed by atoms with E-state index in [1.807, 2.05) is 37.3 Å². The fourth-order valence-electron chi connectivity index (χ4n) is 7.18. The minimum atomic E-state index is -4.10. The van der Waals surface area contributed by atoms with Crippen molar-refractivity contribution in [3.8, 4) is 5.75 Å². The molecule has 2 aliphatic rings. The summed E-state index contributed by atoms with van der Waals surface area (Å²) in [6.45, 7) is 5.85. The first kappa shape index (κ1) is 36.7. The molecule has 3 heterocycles. The fraction of sp³-hybridized carbons (Fsp3) is 0.225. The zero-order chi connectivity index (χ0) is 38.1. The summed E-state index contributed by atoms with van der Waals surface area (Å²) in [6, 6.07) is 26.1. The number of amides is 4. The van der Waals surface area contributed by atoms with Gasteiger partial charge in [0.1, 0.15) is 18.0 Å². The number of aromatic hydroxyl groups is 1. The summed E-state index contributed by atoms with van der Waals surface area (Å²) in [7, 11) is -4.10. The molecule has 1 aromatic heterocycles. The number of nitrogens with one attached hydrogen (secondary N) is 1. The van der Waals surface area contributed by atoms with Gasteiger partial charge in [0.25, 0.3) is 10.0 Å². The molecule has 2 N–H and O–H groups in total. The highest BCUT2D eigenvalue weighted by Gasteiger charge is 2.51. The summed E-state index contributed by atoms with van der Waals surface area (Å²) in [6.07, 6.45) is 2.15. The molecule has 0 bridgehead atoms. The van der Waals surface area contributed by atoms with Crippen LogP contribution < -0.4 is 5.32 Å². The van der Waals surface area contributed by atoms with Crippen LogP contribution in [0.1, 0.15) is 22.3 Å². The van der Waals surface area contributed by atoms with Crippen molar-refractivity contribution in [2.24, 2.45) is 0 Å². The maximum atomic E-state index is 14.7. The molecule has 4 aromatic carbocycles. The van der Waals surface area contributed by atoms with Gasteiger partial charge in [-0.2, -0.15) is 0 Å². The standard InChI is InChI=1S/C40H39ClN6O6S/c1-3-20-44-26-37(49)46-35(21-28-14-16-31(48)17-15-28)39(50)43(25-36(46)47(44)40(51)42-22-29-8-5-4-6-9-29)23-30-10-7-11-33-34(41)24-45(38(30)33)54(52,53)32-18-12-27(2)13-19-32/h3-19,24,35-36,48H,1,20-23,25-26H2,2H3,(H,42,51)/t35-,36-/m0/s1. The third kappa shape index (κ3) is 7.05. The molecule has 0 spiro atoms. The number of phenolic OH excluding ortho intramolecular Hbond substituents is 1. The zero-order valence-electron chi connectivity index (χ0n) is 29.5. The minimum Gasteiger partial charge on any atom is -0.508 e. The van der Waals surface area contributed by atoms with Gasteiger partial charge in [-0.15, -0.1) is 6.58 Å². The van der Waals surface area contributed by atoms with Crippen molar-refractivity contribution in [1.29, 1.82) is 0 Å². The molecule has 278 valence electrons. The smallest absolute Gasteiger partial charge is 0.334 e. The Morgan fingerprint density at radius 3 is 2.39 bits per heavy atom. The van der Waals surface area contributed by atoms with Crippen molar-refractivity contribution < 1.29 is 27.9 Å². The fourth-order valence-corrected chi connectivity index (χ4v) is 8.90. The van der Waals surface area contributed by atoms with Gasteiger partial charge in [0.05, 0.1) is 28.5 Å². The van der Waals surface area contributed by atoms with Crippen LogP contribution in [-0.4, -0.2) is 87.0 Å². The molecule has 2 aliphatic heterocycles. The summed E-state index contributed by atoms with van der Waals surface area (Å²) in [5, 5.41) is 16.7. The molecule has 0 unspecified atom stereocenters. The number of nitrogens with zero attached hydrogens (tertiary/aromatic N) is 5. The Bertz CT molecular complexity index is 2330. The second-order valence-electron chi connectivity index (χ2n) is 13.4. The number of aromatic nitrogens is 1. The molecule has 14 heteroatoms. The van der Waals surface area contributed by atoms with Crippen molar-refractivity contribution in [3.05, 3.63) is 143 Å². The van der Waals surface area contributed by atoms with Crippen molar-refractivity contribution in [3.63, 3.8) is 0 Å². The molecule has 2 saturated heterocycles. The lowest BCUT2D eigenvalue weighted by Crippen LogP contribution is -2.76. The number of para-hydroxylation sites is 1. The number of hydrogen-bond donors (Lipinski definition) is 2. The van der Waals surface area contributed by atoms with Gasteiger partial charge < -0.3 is 20.2 Å². The summed E-state index contributed by atoms with van der Waals surface area (Å²) in [4.78, 5) is 45.9. The quantitative estimate of drug-likeness (QED) is 0.185. The third-order valence-electron chi connectivity index (χ3n) is 9.80. The minimum absolute atomic E-state index is 0.0501. The van der Waals surface area contributed by atoms with E-state index in [-0.39, 0.29) is 66.6 Å². The number of aryl methyl sites for hydroxylation is 1. The summed E-state index contributed by atoms with van der Waals surface area (Å²) < 4.78 is 29.3. The number of phenols is 1. The number of hydrazine groups is 1. The van der Waals surface area contributed by atoms with Crippen LogP contribution in [-0.2, 0) is 39.1 Å². The summed E-state index contributed by atoms with van der Waals surface area (Å²) >= 11 is 6.65. The maximum absolute atomic E-state index is 14.7. The number of urea groups is 1. The van der Waals surface area contributed by atoms with E-state index >= 15 is 0 Å². The van der Waals surface area contributed by atoms with E-state index in [2.05, 4.69) is 11.9 Å². The van der Waals surface area contributed by atoms with Crippen molar-refractivity contribution in [2.75, 3.05) is 19.6 Å². The number of halogens is 1. The number of rotatable bonds is 10. The molecule has 0 radical (unpaired) electrons. The van der Waals surface area contributed by atoms with E-state index in [1.165, 1.54) is 40.4 Å². The number of benzene rings is 4. The van der Waals surface area contributed by atoms with Gasteiger partial charge in [0.2, 0.25) is 11.8 Å². The summed E-state index contributed by atoms with van der Waals surface area (Å²) in [5.41, 5.74) is 3.30. The largest absolute Gasteiger partial charge is 0.508 e. The highest BCUT2D eigenvalue weighted by molar-refractivity contribution is 7.90. The van der Waals surface area contributed by atoms with Crippen LogP contribution in [0.15, 0.2) is 121 Å². The van der Waals surface area contributed by atoms with Crippen molar-refractivity contribution >= 4 is 50.4 Å². The van der Waals surface area contributed by atoms with E-state index < -0.39 is 28.3 Å². The number of hydrogen-bond acceptors (Lipinski definition) is 7. The highest BCUT2D eigenvalue weighted by Crippen LogP contribution is 2.35. The molecule has 7 rings (SSSR count). The van der Waals surface area contributed by atoms with Gasteiger partial charge in [-0.1, -0.05) is 96.0 Å².